The molecule has 0 radical (unpaired) electrons. The van der Waals surface area contributed by atoms with E-state index in [0.717, 1.165) is 0 Å². The Kier molecular flexibility index (Phi) is 6.48. The highest BCUT2D eigenvalue weighted by molar-refractivity contribution is 6.00. The van der Waals surface area contributed by atoms with Gasteiger partial charge in [-0.15, -0.1) is 0 Å². The second-order valence-corrected chi connectivity index (χ2v) is 5.02. The summed E-state index contributed by atoms with van der Waals surface area (Å²) in [6.45, 7) is 0.0572. The number of carboxylic acids is 1. The van der Waals surface area contributed by atoms with Gasteiger partial charge < -0.3 is 20.3 Å². The van der Waals surface area contributed by atoms with Gasteiger partial charge in [-0.1, -0.05) is 42.5 Å². The number of carbonyl (C=O) groups excluding carboxylic acids is 1. The first-order valence-electron chi connectivity index (χ1n) is 7.47. The normalized spacial score (nSPS) is 11.7. The largest absolute Gasteiger partial charge is 0.482 e. The summed E-state index contributed by atoms with van der Waals surface area (Å²) < 4.78 is 10.8. The van der Waals surface area contributed by atoms with Crippen molar-refractivity contribution >= 4 is 11.8 Å². The van der Waals surface area contributed by atoms with E-state index in [1.807, 2.05) is 6.07 Å². The Hall–Kier alpha value is -2.70. The molecule has 0 aliphatic heterocycles. The van der Waals surface area contributed by atoms with E-state index in [0.29, 0.717) is 16.9 Å². The van der Waals surface area contributed by atoms with Gasteiger partial charge in [-0.3, -0.25) is 4.79 Å². The summed E-state index contributed by atoms with van der Waals surface area (Å²) in [6, 6.07) is 15.5. The molecule has 126 valence electrons. The molecule has 0 spiro atoms. The van der Waals surface area contributed by atoms with Gasteiger partial charge in [-0.05, 0) is 17.7 Å². The zero-order valence-corrected chi connectivity index (χ0v) is 13.1. The molecule has 0 bridgehead atoms. The Morgan fingerprint density at radius 2 is 1.83 bits per heavy atom. The lowest BCUT2D eigenvalue weighted by atomic mass is 9.99. The van der Waals surface area contributed by atoms with Crippen LogP contribution in [0, 0.1) is 0 Å². The SMILES string of the molecule is NCCOC(C(=O)c1ccccc1)c1cccc(OCC(=O)O)c1. The molecular weight excluding hydrogens is 310 g/mol. The monoisotopic (exact) mass is 329 g/mol. The van der Waals surface area contributed by atoms with Crippen molar-refractivity contribution in [3.8, 4) is 5.75 Å². The maximum absolute atomic E-state index is 12.7. The van der Waals surface area contributed by atoms with Crippen LogP contribution in [0.15, 0.2) is 54.6 Å². The van der Waals surface area contributed by atoms with Gasteiger partial charge in [0.2, 0.25) is 0 Å². The first kappa shape index (κ1) is 17.7. The highest BCUT2D eigenvalue weighted by Crippen LogP contribution is 2.25. The van der Waals surface area contributed by atoms with Gasteiger partial charge in [0.05, 0.1) is 6.61 Å². The van der Waals surface area contributed by atoms with Crippen molar-refractivity contribution < 1.29 is 24.2 Å². The Morgan fingerprint density at radius 3 is 2.50 bits per heavy atom. The lowest BCUT2D eigenvalue weighted by Crippen LogP contribution is -2.20. The zero-order valence-electron chi connectivity index (χ0n) is 13.1. The zero-order chi connectivity index (χ0) is 17.4. The highest BCUT2D eigenvalue weighted by Gasteiger charge is 2.23. The maximum Gasteiger partial charge on any atom is 0.341 e. The van der Waals surface area contributed by atoms with E-state index in [1.165, 1.54) is 0 Å². The van der Waals surface area contributed by atoms with Crippen molar-refractivity contribution in [3.05, 3.63) is 65.7 Å². The molecule has 2 aromatic carbocycles. The molecule has 0 fully saturated rings. The summed E-state index contributed by atoms with van der Waals surface area (Å²) in [4.78, 5) is 23.3. The quantitative estimate of drug-likeness (QED) is 0.683. The van der Waals surface area contributed by atoms with Crippen molar-refractivity contribution in [3.63, 3.8) is 0 Å². The molecule has 0 saturated carbocycles. The minimum absolute atomic E-state index is 0.195. The van der Waals surface area contributed by atoms with Crippen molar-refractivity contribution in [2.75, 3.05) is 19.8 Å². The predicted octanol–water partition coefficient (Wildman–Crippen LogP) is 2.05. The van der Waals surface area contributed by atoms with Gasteiger partial charge in [0.15, 0.2) is 12.4 Å². The molecular formula is C18H19NO5. The fourth-order valence-electron chi connectivity index (χ4n) is 2.18. The first-order valence-corrected chi connectivity index (χ1v) is 7.47. The molecule has 0 saturated heterocycles. The molecule has 0 aliphatic carbocycles. The van der Waals surface area contributed by atoms with Gasteiger partial charge in [-0.25, -0.2) is 4.79 Å². The van der Waals surface area contributed by atoms with Gasteiger partial charge >= 0.3 is 5.97 Å². The smallest absolute Gasteiger partial charge is 0.341 e. The number of rotatable bonds is 9. The molecule has 0 aromatic heterocycles. The summed E-state index contributed by atoms with van der Waals surface area (Å²) in [6.07, 6.45) is -0.829. The van der Waals surface area contributed by atoms with Crippen LogP contribution >= 0.6 is 0 Å². The van der Waals surface area contributed by atoms with Crippen LogP contribution < -0.4 is 10.5 Å². The van der Waals surface area contributed by atoms with Crippen molar-refractivity contribution in [1.29, 1.82) is 0 Å². The van der Waals surface area contributed by atoms with Gasteiger partial charge in [0.25, 0.3) is 0 Å². The molecule has 3 N–H and O–H groups in total. The minimum atomic E-state index is -1.07. The number of hydrogen-bond acceptors (Lipinski definition) is 5. The van der Waals surface area contributed by atoms with Crippen LogP contribution in [0.3, 0.4) is 0 Å². The standard InChI is InChI=1S/C18H19NO5/c19-9-10-23-18(17(22)13-5-2-1-3-6-13)14-7-4-8-15(11-14)24-12-16(20)21/h1-8,11,18H,9-10,12,19H2,(H,20,21). The lowest BCUT2D eigenvalue weighted by molar-refractivity contribution is -0.139. The summed E-state index contributed by atoms with van der Waals surface area (Å²) in [7, 11) is 0. The number of carbonyl (C=O) groups is 2. The topological polar surface area (TPSA) is 98.9 Å². The number of hydrogen-bond donors (Lipinski definition) is 2. The van der Waals surface area contributed by atoms with Crippen LogP contribution in [0.4, 0.5) is 0 Å². The van der Waals surface area contributed by atoms with Gasteiger partial charge in [0, 0.05) is 12.1 Å². The number of carboxylic acid groups (broad SMARTS) is 1. The Morgan fingerprint density at radius 1 is 1.08 bits per heavy atom. The van der Waals surface area contributed by atoms with Gasteiger partial charge in [-0.2, -0.15) is 0 Å². The number of nitrogens with two attached hydrogens (primary N) is 1. The van der Waals surface area contributed by atoms with E-state index in [1.54, 1.807) is 48.5 Å². The summed E-state index contributed by atoms with van der Waals surface area (Å²) >= 11 is 0. The Balaban J connectivity index is 2.25. The molecule has 2 rings (SSSR count). The number of Topliss-reactive ketones (excluding diaryl/α,β-unsaturated/α-hetero) is 1. The van der Waals surface area contributed by atoms with Crippen LogP contribution in [0.25, 0.3) is 0 Å². The Labute approximate surface area is 139 Å². The van der Waals surface area contributed by atoms with E-state index < -0.39 is 18.7 Å². The van der Waals surface area contributed by atoms with Crippen LogP contribution in [0.1, 0.15) is 22.0 Å². The average Bonchev–Trinajstić information content (AvgIpc) is 2.61. The number of aliphatic carboxylic acids is 1. The van der Waals surface area contributed by atoms with Crippen molar-refractivity contribution in [2.24, 2.45) is 5.73 Å². The van der Waals surface area contributed by atoms with E-state index in [4.69, 9.17) is 20.3 Å². The third-order valence-corrected chi connectivity index (χ3v) is 3.22. The molecule has 0 aliphatic rings. The fourth-order valence-corrected chi connectivity index (χ4v) is 2.18. The van der Waals surface area contributed by atoms with E-state index in [-0.39, 0.29) is 18.9 Å². The van der Waals surface area contributed by atoms with Crippen LogP contribution in [0.5, 0.6) is 5.75 Å². The summed E-state index contributed by atoms with van der Waals surface area (Å²) in [5.74, 6) is -0.909. The average molecular weight is 329 g/mol. The molecule has 0 heterocycles. The minimum Gasteiger partial charge on any atom is -0.482 e. The maximum atomic E-state index is 12.7. The second kappa shape index (κ2) is 8.81. The summed E-state index contributed by atoms with van der Waals surface area (Å²) in [5, 5.41) is 8.69. The van der Waals surface area contributed by atoms with E-state index in [2.05, 4.69) is 0 Å². The van der Waals surface area contributed by atoms with E-state index in [9.17, 15) is 9.59 Å². The van der Waals surface area contributed by atoms with Crippen LogP contribution in [-0.2, 0) is 9.53 Å². The van der Waals surface area contributed by atoms with Crippen molar-refractivity contribution in [1.82, 2.24) is 0 Å². The number of benzene rings is 2. The van der Waals surface area contributed by atoms with Crippen LogP contribution in [0.2, 0.25) is 0 Å². The van der Waals surface area contributed by atoms with Crippen molar-refractivity contribution in [2.45, 2.75) is 6.10 Å². The summed E-state index contributed by atoms with van der Waals surface area (Å²) in [5.41, 5.74) is 6.59. The Bertz CT molecular complexity index is 687. The predicted molar refractivity (Wildman–Crippen MR) is 88.1 cm³/mol. The highest BCUT2D eigenvalue weighted by atomic mass is 16.5. The molecule has 1 atom stereocenters. The van der Waals surface area contributed by atoms with Crippen LogP contribution in [-0.4, -0.2) is 36.6 Å². The lowest BCUT2D eigenvalue weighted by Gasteiger charge is -2.18. The third-order valence-electron chi connectivity index (χ3n) is 3.22. The molecule has 6 nitrogen and oxygen atoms in total. The molecule has 6 heteroatoms. The molecule has 24 heavy (non-hydrogen) atoms. The molecule has 2 aromatic rings. The second-order valence-electron chi connectivity index (χ2n) is 5.02. The third kappa shape index (κ3) is 4.91. The van der Waals surface area contributed by atoms with E-state index >= 15 is 0 Å². The fraction of sp³-hybridized carbons (Fsp3) is 0.222. The first-order chi connectivity index (χ1) is 11.6. The number of ketones is 1. The molecule has 1 unspecified atom stereocenters. The molecule has 0 amide bonds. The number of ether oxygens (including phenoxy) is 2. The van der Waals surface area contributed by atoms with Gasteiger partial charge in [0.1, 0.15) is 11.9 Å².